The van der Waals surface area contributed by atoms with Crippen molar-refractivity contribution in [1.29, 1.82) is 0 Å². The lowest BCUT2D eigenvalue weighted by Crippen LogP contribution is -2.26. The van der Waals surface area contributed by atoms with Crippen molar-refractivity contribution in [3.05, 3.63) is 38.3 Å². The molecule has 1 unspecified atom stereocenters. The summed E-state index contributed by atoms with van der Waals surface area (Å²) in [5, 5.41) is 20.1. The highest BCUT2D eigenvalue weighted by molar-refractivity contribution is 6.31. The minimum absolute atomic E-state index is 0.0714. The van der Waals surface area contributed by atoms with E-state index in [1.807, 2.05) is 13.8 Å². The molecule has 0 saturated carbocycles. The zero-order valence-corrected chi connectivity index (χ0v) is 17.2. The van der Waals surface area contributed by atoms with Gasteiger partial charge in [-0.3, -0.25) is 4.79 Å². The zero-order chi connectivity index (χ0) is 21.3. The first-order valence-corrected chi connectivity index (χ1v) is 9.68. The number of halogens is 1. The Hall–Kier alpha value is -2.58. The van der Waals surface area contributed by atoms with Crippen LogP contribution in [0.1, 0.15) is 47.7 Å². The molecule has 0 amide bonds. The molecule has 0 fully saturated rings. The lowest BCUT2D eigenvalue weighted by atomic mass is 9.76. The number of ether oxygens (including phenoxy) is 2. The Morgan fingerprint density at radius 3 is 2.76 bits per heavy atom. The summed E-state index contributed by atoms with van der Waals surface area (Å²) in [6.45, 7) is 4.91. The number of methoxy groups -OCH3 is 1. The largest absolute Gasteiger partial charge is 0.506 e. The summed E-state index contributed by atoms with van der Waals surface area (Å²) in [4.78, 5) is 30.7. The summed E-state index contributed by atoms with van der Waals surface area (Å²) in [6.07, 6.45) is 1.19. The summed E-state index contributed by atoms with van der Waals surface area (Å²) in [7, 11) is 1.61. The van der Waals surface area contributed by atoms with Gasteiger partial charge in [-0.1, -0.05) is 25.4 Å². The predicted octanol–water partition coefficient (Wildman–Crippen LogP) is 3.21. The second-order valence-corrected chi connectivity index (χ2v) is 7.66. The molecule has 0 saturated heterocycles. The Morgan fingerprint density at radius 2 is 2.14 bits per heavy atom. The van der Waals surface area contributed by atoms with Crippen LogP contribution in [-0.4, -0.2) is 46.5 Å². The van der Waals surface area contributed by atoms with Gasteiger partial charge in [-0.25, -0.2) is 9.78 Å². The Kier molecular flexibility index (Phi) is 6.14. The van der Waals surface area contributed by atoms with Crippen LogP contribution < -0.4 is 10.3 Å². The number of H-pyrrole nitrogens is 1. The highest BCUT2D eigenvalue weighted by Gasteiger charge is 2.35. The molecule has 0 aliphatic heterocycles. The number of rotatable bonds is 7. The molecule has 29 heavy (non-hydrogen) atoms. The SMILES string of the molecule is COCCCOc1cc2c(nc1Cl)-c1[nH]c(=O)c(C(=O)O)c(O)c1C(C(C)C)C2. The number of hydrogen-bond donors (Lipinski definition) is 3. The second kappa shape index (κ2) is 8.42. The summed E-state index contributed by atoms with van der Waals surface area (Å²) in [5.41, 5.74) is 0.340. The summed E-state index contributed by atoms with van der Waals surface area (Å²) < 4.78 is 10.7. The van der Waals surface area contributed by atoms with Crippen molar-refractivity contribution in [3.8, 4) is 22.9 Å². The number of nitrogens with zero attached hydrogens (tertiary/aromatic N) is 1. The van der Waals surface area contributed by atoms with Crippen molar-refractivity contribution in [2.24, 2.45) is 5.92 Å². The molecular formula is C20H23ClN2O6. The maximum Gasteiger partial charge on any atom is 0.345 e. The highest BCUT2D eigenvalue weighted by Crippen LogP contribution is 2.46. The Morgan fingerprint density at radius 1 is 1.41 bits per heavy atom. The van der Waals surface area contributed by atoms with Crippen LogP contribution in [-0.2, 0) is 11.2 Å². The molecule has 2 aromatic heterocycles. The Labute approximate surface area is 172 Å². The molecule has 1 aliphatic carbocycles. The first-order chi connectivity index (χ1) is 13.8. The normalized spacial score (nSPS) is 15.1. The minimum Gasteiger partial charge on any atom is -0.506 e. The Bertz CT molecular complexity index is 1000. The van der Waals surface area contributed by atoms with Gasteiger partial charge in [-0.2, -0.15) is 0 Å². The Balaban J connectivity index is 2.13. The number of carboxylic acids is 1. The monoisotopic (exact) mass is 422 g/mol. The van der Waals surface area contributed by atoms with Gasteiger partial charge >= 0.3 is 5.97 Å². The number of carbonyl (C=O) groups is 1. The van der Waals surface area contributed by atoms with Gasteiger partial charge in [0.2, 0.25) is 0 Å². The molecule has 1 atom stereocenters. The smallest absolute Gasteiger partial charge is 0.345 e. The molecule has 8 nitrogen and oxygen atoms in total. The maximum absolute atomic E-state index is 12.3. The van der Waals surface area contributed by atoms with Gasteiger partial charge in [-0.05, 0) is 29.9 Å². The molecule has 3 N–H and O–H groups in total. The number of nitrogens with one attached hydrogen (secondary N) is 1. The van der Waals surface area contributed by atoms with Gasteiger partial charge in [0.15, 0.2) is 16.5 Å². The lowest BCUT2D eigenvalue weighted by molar-refractivity contribution is 0.0691. The van der Waals surface area contributed by atoms with E-state index < -0.39 is 22.8 Å². The second-order valence-electron chi connectivity index (χ2n) is 7.31. The number of carboxylic acid groups (broad SMARTS) is 1. The number of fused-ring (bicyclic) bond motifs is 3. The van der Waals surface area contributed by atoms with Crippen molar-refractivity contribution in [1.82, 2.24) is 9.97 Å². The van der Waals surface area contributed by atoms with E-state index in [-0.39, 0.29) is 17.0 Å². The van der Waals surface area contributed by atoms with Crippen LogP contribution in [0.25, 0.3) is 11.4 Å². The minimum atomic E-state index is -1.48. The third kappa shape index (κ3) is 3.95. The number of aromatic amines is 1. The van der Waals surface area contributed by atoms with Crippen LogP contribution in [0.3, 0.4) is 0 Å². The van der Waals surface area contributed by atoms with Crippen molar-refractivity contribution < 1.29 is 24.5 Å². The fourth-order valence-electron chi connectivity index (χ4n) is 3.63. The number of hydrogen-bond acceptors (Lipinski definition) is 6. The van der Waals surface area contributed by atoms with E-state index in [4.69, 9.17) is 21.1 Å². The quantitative estimate of drug-likeness (QED) is 0.462. The van der Waals surface area contributed by atoms with E-state index in [2.05, 4.69) is 9.97 Å². The van der Waals surface area contributed by atoms with Crippen LogP contribution in [0, 0.1) is 5.92 Å². The van der Waals surface area contributed by atoms with Crippen molar-refractivity contribution in [2.75, 3.05) is 20.3 Å². The van der Waals surface area contributed by atoms with E-state index in [1.165, 1.54) is 0 Å². The van der Waals surface area contributed by atoms with Crippen molar-refractivity contribution >= 4 is 17.6 Å². The number of aromatic carboxylic acids is 1. The molecule has 156 valence electrons. The molecule has 1 aliphatic rings. The van der Waals surface area contributed by atoms with Crippen LogP contribution in [0.4, 0.5) is 0 Å². The van der Waals surface area contributed by atoms with Gasteiger partial charge in [0.1, 0.15) is 5.75 Å². The highest BCUT2D eigenvalue weighted by atomic mass is 35.5. The molecule has 0 bridgehead atoms. The number of pyridine rings is 2. The van der Waals surface area contributed by atoms with Gasteiger partial charge in [0, 0.05) is 25.7 Å². The van der Waals surface area contributed by atoms with E-state index in [9.17, 15) is 19.8 Å². The van der Waals surface area contributed by atoms with Crippen LogP contribution in [0.5, 0.6) is 11.5 Å². The van der Waals surface area contributed by atoms with Gasteiger partial charge in [0.25, 0.3) is 5.56 Å². The standard InChI is InChI=1S/C20H23ClN2O6/c1-9(2)11-7-10-8-12(29-6-4-5-28-3)18(21)22-15(10)16-13(11)17(24)14(20(26)27)19(25)23-16/h8-9,11H,4-7H2,1-3H3,(H,26,27)(H2,23,24,25). The van der Waals surface area contributed by atoms with Crippen molar-refractivity contribution in [2.45, 2.75) is 32.6 Å². The first-order valence-electron chi connectivity index (χ1n) is 9.30. The third-order valence-corrected chi connectivity index (χ3v) is 5.34. The molecule has 0 aromatic carbocycles. The fraction of sp³-hybridized carbons (Fsp3) is 0.450. The van der Waals surface area contributed by atoms with E-state index in [0.717, 1.165) is 5.56 Å². The topological polar surface area (TPSA) is 122 Å². The summed E-state index contributed by atoms with van der Waals surface area (Å²) in [5.74, 6) is -1.70. The van der Waals surface area contributed by atoms with Crippen LogP contribution in [0.2, 0.25) is 5.15 Å². The summed E-state index contributed by atoms with van der Waals surface area (Å²) >= 11 is 6.28. The van der Waals surface area contributed by atoms with Crippen LogP contribution in [0.15, 0.2) is 10.9 Å². The molecule has 3 rings (SSSR count). The zero-order valence-electron chi connectivity index (χ0n) is 16.4. The molecule has 9 heteroatoms. The van der Waals surface area contributed by atoms with E-state index >= 15 is 0 Å². The molecular weight excluding hydrogens is 400 g/mol. The first kappa shape index (κ1) is 21.1. The molecule has 0 radical (unpaired) electrons. The molecule has 2 aromatic rings. The van der Waals surface area contributed by atoms with Gasteiger partial charge in [-0.15, -0.1) is 0 Å². The van der Waals surface area contributed by atoms with Crippen LogP contribution >= 0.6 is 11.6 Å². The number of aromatic hydroxyl groups is 1. The maximum atomic E-state index is 12.3. The molecule has 0 spiro atoms. The number of aromatic nitrogens is 2. The molecule has 2 heterocycles. The lowest BCUT2D eigenvalue weighted by Gasteiger charge is -2.30. The van der Waals surface area contributed by atoms with Gasteiger partial charge < -0.3 is 24.7 Å². The average molecular weight is 423 g/mol. The predicted molar refractivity (Wildman–Crippen MR) is 107 cm³/mol. The van der Waals surface area contributed by atoms with E-state index in [0.29, 0.717) is 48.8 Å². The van der Waals surface area contributed by atoms with Gasteiger partial charge in [0.05, 0.1) is 18.0 Å². The van der Waals surface area contributed by atoms with Crippen molar-refractivity contribution in [3.63, 3.8) is 0 Å². The third-order valence-electron chi connectivity index (χ3n) is 5.07. The summed E-state index contributed by atoms with van der Waals surface area (Å²) in [6, 6.07) is 1.79. The van der Waals surface area contributed by atoms with E-state index in [1.54, 1.807) is 13.2 Å². The fourth-order valence-corrected chi connectivity index (χ4v) is 3.82. The average Bonchev–Trinajstić information content (AvgIpc) is 2.64.